The molecule has 1 heterocycles. The molecule has 0 amide bonds. The maximum atomic E-state index is 10.8. The van der Waals surface area contributed by atoms with Crippen LogP contribution in [-0.2, 0) is 4.79 Å². The molecule has 1 rings (SSSR count). The zero-order valence-electron chi connectivity index (χ0n) is 7.63. The summed E-state index contributed by atoms with van der Waals surface area (Å²) in [6.45, 7) is 4.17. The van der Waals surface area contributed by atoms with Crippen LogP contribution in [0.15, 0.2) is 11.4 Å². The normalized spacial score (nSPS) is 9.92. The van der Waals surface area contributed by atoms with Crippen LogP contribution in [0.2, 0.25) is 0 Å². The van der Waals surface area contributed by atoms with Crippen LogP contribution in [0.3, 0.4) is 0 Å². The molecule has 12 heavy (non-hydrogen) atoms. The molecule has 2 nitrogen and oxygen atoms in total. The highest BCUT2D eigenvalue weighted by atomic mass is 32.1. The lowest BCUT2D eigenvalue weighted by Crippen LogP contribution is -2.23. The second-order valence-electron chi connectivity index (χ2n) is 2.97. The predicted octanol–water partition coefficient (Wildman–Crippen LogP) is 2.08. The summed E-state index contributed by atoms with van der Waals surface area (Å²) in [6, 6.07) is 2.07. The number of thiophene rings is 1. The van der Waals surface area contributed by atoms with E-state index >= 15 is 0 Å². The van der Waals surface area contributed by atoms with Gasteiger partial charge in [-0.2, -0.15) is 0 Å². The number of hydrogen-bond donors (Lipinski definition) is 0. The summed E-state index contributed by atoms with van der Waals surface area (Å²) in [6.07, 6.45) is 0. The van der Waals surface area contributed by atoms with Gasteiger partial charge in [0.05, 0.1) is 11.5 Å². The fourth-order valence-electron chi connectivity index (χ4n) is 1.16. The molecule has 1 aromatic rings. The van der Waals surface area contributed by atoms with E-state index in [-0.39, 0.29) is 5.78 Å². The molecule has 66 valence electrons. The van der Waals surface area contributed by atoms with Gasteiger partial charge in [0.1, 0.15) is 5.78 Å². The first-order valence-corrected chi connectivity index (χ1v) is 4.74. The Labute approximate surface area is 76.8 Å². The van der Waals surface area contributed by atoms with Crippen LogP contribution in [0, 0.1) is 6.92 Å². The molecule has 0 fully saturated rings. The number of rotatable bonds is 3. The molecule has 0 bridgehead atoms. The van der Waals surface area contributed by atoms with Gasteiger partial charge >= 0.3 is 0 Å². The van der Waals surface area contributed by atoms with Crippen molar-refractivity contribution in [3.05, 3.63) is 17.0 Å². The van der Waals surface area contributed by atoms with Gasteiger partial charge in [0.15, 0.2) is 0 Å². The number of anilines is 1. The van der Waals surface area contributed by atoms with Gasteiger partial charge in [0.2, 0.25) is 0 Å². The summed E-state index contributed by atoms with van der Waals surface area (Å²) in [5, 5.41) is 3.23. The maximum Gasteiger partial charge on any atom is 0.149 e. The first kappa shape index (κ1) is 9.26. The van der Waals surface area contributed by atoms with Crippen LogP contribution >= 0.6 is 11.3 Å². The standard InChI is InChI=1S/C9H13NOS/c1-7-4-5-12-9(7)10(3)6-8(2)11/h4-5H,6H2,1-3H3. The Bertz CT molecular complexity index is 280. The molecule has 3 heteroatoms. The van der Waals surface area contributed by atoms with Gasteiger partial charge in [-0.15, -0.1) is 11.3 Å². The molecule has 0 unspecified atom stereocenters. The van der Waals surface area contributed by atoms with Crippen molar-refractivity contribution in [2.45, 2.75) is 13.8 Å². The molecule has 0 saturated heterocycles. The molecule has 0 aliphatic rings. The van der Waals surface area contributed by atoms with E-state index in [0.29, 0.717) is 6.54 Å². The quantitative estimate of drug-likeness (QED) is 0.715. The molecule has 0 N–H and O–H groups in total. The van der Waals surface area contributed by atoms with E-state index < -0.39 is 0 Å². The lowest BCUT2D eigenvalue weighted by molar-refractivity contribution is -0.115. The van der Waals surface area contributed by atoms with Gasteiger partial charge in [0, 0.05) is 7.05 Å². The number of ketones is 1. The Hall–Kier alpha value is -0.830. The van der Waals surface area contributed by atoms with E-state index in [0.717, 1.165) is 0 Å². The lowest BCUT2D eigenvalue weighted by atomic mass is 10.3. The number of nitrogens with zero attached hydrogens (tertiary/aromatic N) is 1. The van der Waals surface area contributed by atoms with E-state index in [2.05, 4.69) is 13.0 Å². The SMILES string of the molecule is CC(=O)CN(C)c1sccc1C. The van der Waals surface area contributed by atoms with Crippen LogP contribution < -0.4 is 4.90 Å². The van der Waals surface area contributed by atoms with Crippen LogP contribution in [0.5, 0.6) is 0 Å². The van der Waals surface area contributed by atoms with Crippen molar-refractivity contribution in [3.8, 4) is 0 Å². The minimum absolute atomic E-state index is 0.199. The number of aryl methyl sites for hydroxylation is 1. The van der Waals surface area contributed by atoms with Crippen molar-refractivity contribution in [1.29, 1.82) is 0 Å². The molecular weight excluding hydrogens is 170 g/mol. The van der Waals surface area contributed by atoms with Gasteiger partial charge in [-0.3, -0.25) is 4.79 Å². The Morgan fingerprint density at radius 2 is 2.33 bits per heavy atom. The van der Waals surface area contributed by atoms with Crippen LogP contribution in [0.25, 0.3) is 0 Å². The Balaban J connectivity index is 2.71. The number of Topliss-reactive ketones (excluding diaryl/α,β-unsaturated/α-hetero) is 1. The van der Waals surface area contributed by atoms with E-state index in [1.54, 1.807) is 18.3 Å². The van der Waals surface area contributed by atoms with Gasteiger partial charge in [-0.25, -0.2) is 0 Å². The van der Waals surface area contributed by atoms with Crippen molar-refractivity contribution >= 4 is 22.1 Å². The average Bonchev–Trinajstić information content (AvgIpc) is 2.33. The highest BCUT2D eigenvalue weighted by Gasteiger charge is 2.06. The molecule has 0 aromatic carbocycles. The summed E-state index contributed by atoms with van der Waals surface area (Å²) in [7, 11) is 1.94. The van der Waals surface area contributed by atoms with Crippen molar-refractivity contribution in [3.63, 3.8) is 0 Å². The van der Waals surface area contributed by atoms with Gasteiger partial charge < -0.3 is 4.90 Å². The largest absolute Gasteiger partial charge is 0.359 e. The zero-order chi connectivity index (χ0) is 9.14. The van der Waals surface area contributed by atoms with E-state index in [1.807, 2.05) is 17.3 Å². The Morgan fingerprint density at radius 3 is 2.75 bits per heavy atom. The third-order valence-corrected chi connectivity index (χ3v) is 2.77. The molecule has 0 aliphatic carbocycles. The second kappa shape index (κ2) is 3.72. The van der Waals surface area contributed by atoms with Gasteiger partial charge in [-0.05, 0) is 30.9 Å². The fourth-order valence-corrected chi connectivity index (χ4v) is 2.06. The summed E-state index contributed by atoms with van der Waals surface area (Å²) in [5.74, 6) is 0.199. The smallest absolute Gasteiger partial charge is 0.149 e. The minimum Gasteiger partial charge on any atom is -0.359 e. The van der Waals surface area contributed by atoms with Gasteiger partial charge in [0.25, 0.3) is 0 Å². The molecule has 0 spiro atoms. The van der Waals surface area contributed by atoms with Crippen LogP contribution in [-0.4, -0.2) is 19.4 Å². The lowest BCUT2D eigenvalue weighted by Gasteiger charge is -2.15. The summed E-state index contributed by atoms with van der Waals surface area (Å²) in [4.78, 5) is 12.8. The minimum atomic E-state index is 0.199. The molecule has 0 radical (unpaired) electrons. The van der Waals surface area contributed by atoms with Gasteiger partial charge in [-0.1, -0.05) is 0 Å². The summed E-state index contributed by atoms with van der Waals surface area (Å²) < 4.78 is 0. The first-order chi connectivity index (χ1) is 5.61. The molecule has 0 aliphatic heterocycles. The number of carbonyl (C=O) groups excluding carboxylic acids is 1. The molecule has 1 aromatic heterocycles. The highest BCUT2D eigenvalue weighted by molar-refractivity contribution is 7.14. The first-order valence-electron chi connectivity index (χ1n) is 3.86. The van der Waals surface area contributed by atoms with Crippen molar-refractivity contribution in [2.75, 3.05) is 18.5 Å². The van der Waals surface area contributed by atoms with E-state index in [1.165, 1.54) is 10.6 Å². The third-order valence-electron chi connectivity index (χ3n) is 1.64. The fraction of sp³-hybridized carbons (Fsp3) is 0.444. The Morgan fingerprint density at radius 1 is 1.67 bits per heavy atom. The second-order valence-corrected chi connectivity index (χ2v) is 3.86. The molecular formula is C9H13NOS. The molecule has 0 atom stereocenters. The summed E-state index contributed by atoms with van der Waals surface area (Å²) >= 11 is 1.67. The Kier molecular flexibility index (Phi) is 2.87. The maximum absolute atomic E-state index is 10.8. The predicted molar refractivity (Wildman–Crippen MR) is 53.0 cm³/mol. The van der Waals surface area contributed by atoms with Crippen molar-refractivity contribution in [1.82, 2.24) is 0 Å². The van der Waals surface area contributed by atoms with Crippen LogP contribution in [0.1, 0.15) is 12.5 Å². The van der Waals surface area contributed by atoms with Crippen molar-refractivity contribution in [2.24, 2.45) is 0 Å². The highest BCUT2D eigenvalue weighted by Crippen LogP contribution is 2.25. The van der Waals surface area contributed by atoms with E-state index in [4.69, 9.17) is 0 Å². The van der Waals surface area contributed by atoms with Crippen LogP contribution in [0.4, 0.5) is 5.00 Å². The zero-order valence-corrected chi connectivity index (χ0v) is 8.44. The average molecular weight is 183 g/mol. The van der Waals surface area contributed by atoms with Crippen molar-refractivity contribution < 1.29 is 4.79 Å². The monoisotopic (exact) mass is 183 g/mol. The molecule has 0 saturated carbocycles. The summed E-state index contributed by atoms with van der Waals surface area (Å²) in [5.41, 5.74) is 1.24. The topological polar surface area (TPSA) is 20.3 Å². The number of likely N-dealkylation sites (N-methyl/N-ethyl adjacent to an activating group) is 1. The third kappa shape index (κ3) is 2.08. The number of hydrogen-bond acceptors (Lipinski definition) is 3. The number of carbonyl (C=O) groups is 1. The van der Waals surface area contributed by atoms with E-state index in [9.17, 15) is 4.79 Å².